The number of rotatable bonds is 6. The Morgan fingerprint density at radius 3 is 2.03 bits per heavy atom. The average Bonchev–Trinajstić information content (AvgIpc) is 3.18. The molecule has 8 heteroatoms. The van der Waals surface area contributed by atoms with Gasteiger partial charge in [-0.15, -0.1) is 0 Å². The fourth-order valence-corrected chi connectivity index (χ4v) is 4.75. The predicted octanol–water partition coefficient (Wildman–Crippen LogP) is 2.92. The number of nitrogens with zero attached hydrogens (tertiary/aromatic N) is 1. The van der Waals surface area contributed by atoms with Gasteiger partial charge in [-0.25, -0.2) is 9.59 Å². The van der Waals surface area contributed by atoms with Crippen molar-refractivity contribution in [1.29, 1.82) is 0 Å². The SMILES string of the molecule is O=C(N[C@@H](C(=O)N1CC(O)(C(=O)O)C1)c1ccccc1)OCC1c2ccccc2-c2ccccc21. The molecule has 1 fully saturated rings. The van der Waals surface area contributed by atoms with Crippen LogP contribution in [0.3, 0.4) is 0 Å². The predicted molar refractivity (Wildman–Crippen MR) is 127 cm³/mol. The molecular weight excluding hydrogens is 448 g/mol. The zero-order chi connectivity index (χ0) is 24.6. The number of nitrogens with one attached hydrogen (secondary N) is 1. The van der Waals surface area contributed by atoms with E-state index in [1.807, 2.05) is 48.5 Å². The largest absolute Gasteiger partial charge is 0.479 e. The smallest absolute Gasteiger partial charge is 0.408 e. The van der Waals surface area contributed by atoms with Crippen LogP contribution < -0.4 is 5.32 Å². The van der Waals surface area contributed by atoms with Crippen LogP contribution in [0.5, 0.6) is 0 Å². The van der Waals surface area contributed by atoms with Crippen molar-refractivity contribution in [3.63, 3.8) is 0 Å². The third kappa shape index (κ3) is 4.13. The lowest BCUT2D eigenvalue weighted by Crippen LogP contribution is -2.68. The summed E-state index contributed by atoms with van der Waals surface area (Å²) >= 11 is 0. The molecule has 5 rings (SSSR count). The quantitative estimate of drug-likeness (QED) is 0.508. The summed E-state index contributed by atoms with van der Waals surface area (Å²) in [6.07, 6.45) is -0.761. The number of alkyl carbamates (subject to hydrolysis) is 1. The number of fused-ring (bicyclic) bond motifs is 3. The maximum Gasteiger partial charge on any atom is 0.408 e. The first kappa shape index (κ1) is 22.6. The van der Waals surface area contributed by atoms with Crippen LogP contribution in [0.25, 0.3) is 11.1 Å². The van der Waals surface area contributed by atoms with Gasteiger partial charge in [-0.3, -0.25) is 4.79 Å². The van der Waals surface area contributed by atoms with Gasteiger partial charge in [0.1, 0.15) is 12.6 Å². The number of hydrogen-bond donors (Lipinski definition) is 3. The van der Waals surface area contributed by atoms with Crippen LogP contribution in [-0.2, 0) is 14.3 Å². The molecule has 8 nitrogen and oxygen atoms in total. The van der Waals surface area contributed by atoms with E-state index in [1.165, 1.54) is 4.90 Å². The van der Waals surface area contributed by atoms with Crippen molar-refractivity contribution in [2.75, 3.05) is 19.7 Å². The first-order valence-electron chi connectivity index (χ1n) is 11.3. The lowest BCUT2D eigenvalue weighted by Gasteiger charge is -2.44. The van der Waals surface area contributed by atoms with Gasteiger partial charge in [0.25, 0.3) is 0 Å². The molecule has 35 heavy (non-hydrogen) atoms. The highest BCUT2D eigenvalue weighted by Crippen LogP contribution is 2.44. The van der Waals surface area contributed by atoms with Crippen molar-refractivity contribution in [2.24, 2.45) is 0 Å². The lowest BCUT2D eigenvalue weighted by molar-refractivity contribution is -0.182. The number of carboxylic acid groups (broad SMARTS) is 1. The van der Waals surface area contributed by atoms with E-state index in [2.05, 4.69) is 5.32 Å². The van der Waals surface area contributed by atoms with Crippen LogP contribution >= 0.6 is 0 Å². The minimum Gasteiger partial charge on any atom is -0.479 e. The van der Waals surface area contributed by atoms with Gasteiger partial charge in [0.15, 0.2) is 5.60 Å². The third-order valence-corrected chi connectivity index (χ3v) is 6.60. The van der Waals surface area contributed by atoms with Crippen LogP contribution in [0.4, 0.5) is 4.79 Å². The molecule has 178 valence electrons. The van der Waals surface area contributed by atoms with Crippen LogP contribution in [0.2, 0.25) is 0 Å². The van der Waals surface area contributed by atoms with Crippen molar-refractivity contribution < 1.29 is 29.3 Å². The van der Waals surface area contributed by atoms with Crippen LogP contribution in [0.15, 0.2) is 78.9 Å². The maximum atomic E-state index is 13.1. The number of ether oxygens (including phenoxy) is 1. The Hall–Kier alpha value is -4.17. The summed E-state index contributed by atoms with van der Waals surface area (Å²) in [5, 5.41) is 21.8. The molecule has 0 bridgehead atoms. The number of β-amino-alcohol motifs (C(OH)–C–C–N with tert-alkyl or cyclic N) is 1. The Kier molecular flexibility index (Phi) is 5.74. The molecule has 1 atom stereocenters. The second-order valence-corrected chi connectivity index (χ2v) is 8.84. The first-order valence-corrected chi connectivity index (χ1v) is 11.3. The Labute approximate surface area is 201 Å². The summed E-state index contributed by atoms with van der Waals surface area (Å²) in [6, 6.07) is 23.5. The van der Waals surface area contributed by atoms with Gasteiger partial charge in [0.05, 0.1) is 13.1 Å². The number of benzene rings is 3. The van der Waals surface area contributed by atoms with Crippen molar-refractivity contribution in [2.45, 2.75) is 17.6 Å². The zero-order valence-corrected chi connectivity index (χ0v) is 18.8. The van der Waals surface area contributed by atoms with E-state index in [-0.39, 0.29) is 25.6 Å². The van der Waals surface area contributed by atoms with Gasteiger partial charge >= 0.3 is 12.1 Å². The topological polar surface area (TPSA) is 116 Å². The highest BCUT2D eigenvalue weighted by atomic mass is 16.5. The number of hydrogen-bond acceptors (Lipinski definition) is 5. The number of carbonyl (C=O) groups excluding carboxylic acids is 2. The number of carbonyl (C=O) groups is 3. The maximum absolute atomic E-state index is 13.1. The zero-order valence-electron chi connectivity index (χ0n) is 18.8. The van der Waals surface area contributed by atoms with Crippen molar-refractivity contribution in [1.82, 2.24) is 10.2 Å². The molecular formula is C27H24N2O6. The van der Waals surface area contributed by atoms with Gasteiger partial charge in [0.2, 0.25) is 5.91 Å². The Morgan fingerprint density at radius 1 is 0.914 bits per heavy atom. The van der Waals surface area contributed by atoms with Gasteiger partial charge < -0.3 is 25.2 Å². The van der Waals surface area contributed by atoms with Crippen LogP contribution in [0, 0.1) is 0 Å². The van der Waals surface area contributed by atoms with E-state index in [1.54, 1.807) is 30.3 Å². The minimum absolute atomic E-state index is 0.0953. The molecule has 0 saturated carbocycles. The highest BCUT2D eigenvalue weighted by Gasteiger charge is 2.51. The summed E-state index contributed by atoms with van der Waals surface area (Å²) in [5.74, 6) is -2.03. The number of aliphatic hydroxyl groups is 1. The van der Waals surface area contributed by atoms with Crippen molar-refractivity contribution >= 4 is 18.0 Å². The van der Waals surface area contributed by atoms with Crippen molar-refractivity contribution in [3.05, 3.63) is 95.6 Å². The molecule has 1 aliphatic carbocycles. The van der Waals surface area contributed by atoms with Gasteiger partial charge in [-0.2, -0.15) is 0 Å². The molecule has 3 aromatic carbocycles. The van der Waals surface area contributed by atoms with Crippen molar-refractivity contribution in [3.8, 4) is 11.1 Å². The average molecular weight is 472 g/mol. The van der Waals surface area contributed by atoms with E-state index in [0.717, 1.165) is 22.3 Å². The summed E-state index contributed by atoms with van der Waals surface area (Å²) in [4.78, 5) is 38.3. The highest BCUT2D eigenvalue weighted by molar-refractivity contribution is 5.90. The summed E-state index contributed by atoms with van der Waals surface area (Å²) in [6.45, 7) is -0.605. The minimum atomic E-state index is -1.97. The summed E-state index contributed by atoms with van der Waals surface area (Å²) < 4.78 is 5.59. The third-order valence-electron chi connectivity index (χ3n) is 6.60. The summed E-state index contributed by atoms with van der Waals surface area (Å²) in [7, 11) is 0. The van der Waals surface area contributed by atoms with Gasteiger partial charge in [-0.05, 0) is 27.8 Å². The van der Waals surface area contributed by atoms with Crippen LogP contribution in [0.1, 0.15) is 28.7 Å². The standard InChI is InChI=1S/C27H24N2O6/c30-24(29-15-27(34,16-29)25(31)32)23(17-8-2-1-3-9-17)28-26(33)35-14-22-20-12-6-4-10-18(20)19-11-5-7-13-21(19)22/h1-13,22-23,34H,14-16H2,(H,28,33)(H,31,32)/t23-/m1/s1. The first-order chi connectivity index (χ1) is 16.9. The molecule has 1 saturated heterocycles. The number of aliphatic carboxylic acids is 1. The van der Waals surface area contributed by atoms with Gasteiger partial charge in [0, 0.05) is 5.92 Å². The second kappa shape index (κ2) is 8.88. The molecule has 2 aliphatic rings. The molecule has 1 aliphatic heterocycles. The molecule has 3 aromatic rings. The monoisotopic (exact) mass is 472 g/mol. The van der Waals surface area contributed by atoms with E-state index in [9.17, 15) is 19.5 Å². The van der Waals surface area contributed by atoms with E-state index in [0.29, 0.717) is 5.56 Å². The fourth-order valence-electron chi connectivity index (χ4n) is 4.75. The molecule has 0 spiro atoms. The Morgan fingerprint density at radius 2 is 1.46 bits per heavy atom. The van der Waals surface area contributed by atoms with E-state index < -0.39 is 29.6 Å². The molecule has 1 heterocycles. The van der Waals surface area contributed by atoms with E-state index in [4.69, 9.17) is 9.84 Å². The van der Waals surface area contributed by atoms with Crippen LogP contribution in [-0.4, -0.2) is 58.4 Å². The molecule has 2 amide bonds. The molecule has 0 aromatic heterocycles. The molecule has 0 unspecified atom stereocenters. The lowest BCUT2D eigenvalue weighted by atomic mass is 9.92. The number of likely N-dealkylation sites (tertiary alicyclic amines) is 1. The Bertz CT molecular complexity index is 1240. The number of carboxylic acids is 1. The molecule has 0 radical (unpaired) electrons. The Balaban J connectivity index is 1.30. The van der Waals surface area contributed by atoms with Gasteiger partial charge in [-0.1, -0.05) is 78.9 Å². The second-order valence-electron chi connectivity index (χ2n) is 8.84. The normalized spacial score (nSPS) is 16.4. The number of amides is 2. The fraction of sp³-hybridized carbons (Fsp3) is 0.222. The summed E-state index contributed by atoms with van der Waals surface area (Å²) in [5.41, 5.74) is 2.92. The molecule has 3 N–H and O–H groups in total. The van der Waals surface area contributed by atoms with E-state index >= 15 is 0 Å².